The van der Waals surface area contributed by atoms with Crippen LogP contribution in [0.3, 0.4) is 0 Å². The molecule has 0 spiro atoms. The number of ether oxygens (including phenoxy) is 1. The van der Waals surface area contributed by atoms with Crippen LogP contribution in [-0.2, 0) is 9.53 Å². The van der Waals surface area contributed by atoms with Gasteiger partial charge in [-0.15, -0.1) is 0 Å². The van der Waals surface area contributed by atoms with Gasteiger partial charge in [0.1, 0.15) is 0 Å². The lowest BCUT2D eigenvalue weighted by molar-refractivity contribution is -0.136. The van der Waals surface area contributed by atoms with Gasteiger partial charge in [0.25, 0.3) is 0 Å². The van der Waals surface area contributed by atoms with Crippen molar-refractivity contribution in [2.75, 3.05) is 7.11 Å². The number of carbonyl (C=O) groups is 1. The molecule has 12 heavy (non-hydrogen) atoms. The average Bonchev–Trinajstić information content (AvgIpc) is 2.59. The molecular formula is C9H12O2S. The van der Waals surface area contributed by atoms with Crippen LogP contribution >= 0.6 is 11.3 Å². The van der Waals surface area contributed by atoms with E-state index in [1.807, 2.05) is 22.9 Å². The Balaban J connectivity index is 0.000000211. The monoisotopic (exact) mass is 184 g/mol. The second kappa shape index (κ2) is 6.61. The quantitative estimate of drug-likeness (QED) is 0.495. The first-order valence-corrected chi connectivity index (χ1v) is 4.33. The van der Waals surface area contributed by atoms with Crippen molar-refractivity contribution < 1.29 is 9.53 Å². The van der Waals surface area contributed by atoms with E-state index in [-0.39, 0.29) is 5.97 Å². The van der Waals surface area contributed by atoms with Gasteiger partial charge in [-0.25, -0.2) is 4.79 Å². The summed E-state index contributed by atoms with van der Waals surface area (Å²) in [5, 5.41) is 4.08. The molecule has 0 saturated heterocycles. The maximum Gasteiger partial charge on any atom is 0.332 e. The van der Waals surface area contributed by atoms with Gasteiger partial charge in [0.15, 0.2) is 0 Å². The van der Waals surface area contributed by atoms with Gasteiger partial charge in [-0.1, -0.05) is 18.7 Å². The van der Waals surface area contributed by atoms with E-state index in [2.05, 4.69) is 11.3 Å². The highest BCUT2D eigenvalue weighted by Crippen LogP contribution is 1.91. The molecule has 0 aliphatic heterocycles. The lowest BCUT2D eigenvalue weighted by Gasteiger charge is -1.91. The summed E-state index contributed by atoms with van der Waals surface area (Å²) in [5.74, 6) is -0.347. The largest absolute Gasteiger partial charge is 0.466 e. The summed E-state index contributed by atoms with van der Waals surface area (Å²) in [6, 6.07) is 4.04. The minimum atomic E-state index is -0.347. The lowest BCUT2D eigenvalue weighted by atomic mass is 10.4. The van der Waals surface area contributed by atoms with Crippen molar-refractivity contribution in [2.45, 2.75) is 6.92 Å². The zero-order chi connectivity index (χ0) is 9.40. The third-order valence-electron chi connectivity index (χ3n) is 0.959. The van der Waals surface area contributed by atoms with Crippen LogP contribution in [0.25, 0.3) is 0 Å². The Morgan fingerprint density at radius 3 is 2.00 bits per heavy atom. The van der Waals surface area contributed by atoms with Gasteiger partial charge in [0.05, 0.1) is 7.11 Å². The van der Waals surface area contributed by atoms with Gasteiger partial charge in [0, 0.05) is 5.57 Å². The molecular weight excluding hydrogens is 172 g/mol. The van der Waals surface area contributed by atoms with Crippen LogP contribution in [0.15, 0.2) is 35.0 Å². The second-order valence-corrected chi connectivity index (χ2v) is 2.88. The molecule has 1 rings (SSSR count). The van der Waals surface area contributed by atoms with Crippen molar-refractivity contribution in [3.05, 3.63) is 35.0 Å². The van der Waals surface area contributed by atoms with Crippen LogP contribution < -0.4 is 0 Å². The SMILES string of the molecule is C=C(C)C(=O)OC.c1ccsc1. The van der Waals surface area contributed by atoms with E-state index >= 15 is 0 Å². The maximum absolute atomic E-state index is 10.2. The van der Waals surface area contributed by atoms with Gasteiger partial charge in [-0.05, 0) is 17.7 Å². The van der Waals surface area contributed by atoms with Crippen LogP contribution in [0.1, 0.15) is 6.92 Å². The Bertz CT molecular complexity index is 209. The summed E-state index contributed by atoms with van der Waals surface area (Å²) in [4.78, 5) is 10.2. The highest BCUT2D eigenvalue weighted by molar-refractivity contribution is 7.07. The molecule has 0 amide bonds. The van der Waals surface area contributed by atoms with Crippen LogP contribution in [0.4, 0.5) is 0 Å². The molecule has 0 radical (unpaired) electrons. The molecule has 3 heteroatoms. The number of hydrogen-bond donors (Lipinski definition) is 0. The summed E-state index contributed by atoms with van der Waals surface area (Å²) in [6.45, 7) is 4.95. The van der Waals surface area contributed by atoms with E-state index in [0.717, 1.165) is 0 Å². The molecule has 1 aromatic heterocycles. The van der Waals surface area contributed by atoms with Crippen LogP contribution in [0.2, 0.25) is 0 Å². The normalized spacial score (nSPS) is 7.83. The summed E-state index contributed by atoms with van der Waals surface area (Å²) in [7, 11) is 1.33. The van der Waals surface area contributed by atoms with Gasteiger partial charge in [0.2, 0.25) is 0 Å². The summed E-state index contributed by atoms with van der Waals surface area (Å²) in [5.41, 5.74) is 0.433. The van der Waals surface area contributed by atoms with E-state index in [1.165, 1.54) is 7.11 Å². The van der Waals surface area contributed by atoms with Gasteiger partial charge in [-0.2, -0.15) is 11.3 Å². The highest BCUT2D eigenvalue weighted by Gasteiger charge is 1.95. The zero-order valence-electron chi connectivity index (χ0n) is 7.24. The average molecular weight is 184 g/mol. The summed E-state index contributed by atoms with van der Waals surface area (Å²) < 4.78 is 4.27. The topological polar surface area (TPSA) is 26.3 Å². The molecule has 1 aromatic rings. The number of rotatable bonds is 1. The van der Waals surface area contributed by atoms with Crippen LogP contribution in [-0.4, -0.2) is 13.1 Å². The molecule has 0 N–H and O–H groups in total. The van der Waals surface area contributed by atoms with E-state index in [0.29, 0.717) is 5.57 Å². The molecule has 0 atom stereocenters. The number of hydrogen-bond acceptors (Lipinski definition) is 3. The van der Waals surface area contributed by atoms with Crippen molar-refractivity contribution in [3.8, 4) is 0 Å². The lowest BCUT2D eigenvalue weighted by Crippen LogP contribution is -1.98. The summed E-state index contributed by atoms with van der Waals surface area (Å²) in [6.07, 6.45) is 0. The third-order valence-corrected chi connectivity index (χ3v) is 1.59. The third kappa shape index (κ3) is 5.68. The smallest absolute Gasteiger partial charge is 0.332 e. The standard InChI is InChI=1S/C5H8O2.C4H4S/c1-4(2)5(6)7-3;1-2-4-5-3-1/h1H2,2-3H3;1-4H. The molecule has 0 fully saturated rings. The molecule has 66 valence electrons. The Morgan fingerprint density at radius 2 is 1.92 bits per heavy atom. The Labute approximate surface area is 76.5 Å². The predicted molar refractivity (Wildman–Crippen MR) is 51.1 cm³/mol. The number of thiophene rings is 1. The first-order valence-electron chi connectivity index (χ1n) is 3.39. The van der Waals surface area contributed by atoms with Crippen molar-refractivity contribution >= 4 is 17.3 Å². The minimum absolute atomic E-state index is 0.347. The predicted octanol–water partition coefficient (Wildman–Crippen LogP) is 2.48. The molecule has 2 nitrogen and oxygen atoms in total. The number of methoxy groups -OCH3 is 1. The fraction of sp³-hybridized carbons (Fsp3) is 0.222. The van der Waals surface area contributed by atoms with Gasteiger partial charge >= 0.3 is 5.97 Å². The number of esters is 1. The van der Waals surface area contributed by atoms with Gasteiger partial charge in [-0.3, -0.25) is 0 Å². The number of carbonyl (C=O) groups excluding carboxylic acids is 1. The first kappa shape index (κ1) is 10.9. The zero-order valence-corrected chi connectivity index (χ0v) is 8.06. The van der Waals surface area contributed by atoms with Crippen molar-refractivity contribution in [2.24, 2.45) is 0 Å². The van der Waals surface area contributed by atoms with Crippen LogP contribution in [0, 0.1) is 0 Å². The van der Waals surface area contributed by atoms with E-state index in [9.17, 15) is 4.79 Å². The van der Waals surface area contributed by atoms with Crippen molar-refractivity contribution in [3.63, 3.8) is 0 Å². The maximum atomic E-state index is 10.2. The Hall–Kier alpha value is -1.09. The van der Waals surface area contributed by atoms with E-state index in [1.54, 1.807) is 18.3 Å². The summed E-state index contributed by atoms with van der Waals surface area (Å²) >= 11 is 1.71. The highest BCUT2D eigenvalue weighted by atomic mass is 32.1. The van der Waals surface area contributed by atoms with E-state index < -0.39 is 0 Å². The van der Waals surface area contributed by atoms with Crippen molar-refractivity contribution in [1.29, 1.82) is 0 Å². The molecule has 0 aromatic carbocycles. The Kier molecular flexibility index (Phi) is 6.01. The van der Waals surface area contributed by atoms with Crippen molar-refractivity contribution in [1.82, 2.24) is 0 Å². The molecule has 0 aliphatic rings. The van der Waals surface area contributed by atoms with E-state index in [4.69, 9.17) is 0 Å². The minimum Gasteiger partial charge on any atom is -0.466 e. The second-order valence-electron chi connectivity index (χ2n) is 2.07. The molecule has 0 aliphatic carbocycles. The molecule has 0 unspecified atom stereocenters. The molecule has 1 heterocycles. The Morgan fingerprint density at radius 1 is 1.42 bits per heavy atom. The van der Waals surface area contributed by atoms with Gasteiger partial charge < -0.3 is 4.74 Å². The fourth-order valence-corrected chi connectivity index (χ4v) is 0.855. The molecule has 0 bridgehead atoms. The fourth-order valence-electron chi connectivity index (χ4n) is 0.401. The molecule has 0 saturated carbocycles. The first-order chi connectivity index (χ1) is 5.68. The van der Waals surface area contributed by atoms with Crippen LogP contribution in [0.5, 0.6) is 0 Å².